The number of hydrogen-bond acceptors (Lipinski definition) is 3. The SMILES string of the molecule is O=C(CC1CCC(c2ccccc2)CC1)N1CCNCC1c1cccnc1. The zero-order valence-electron chi connectivity index (χ0n) is 15.9. The van der Waals surface area contributed by atoms with Gasteiger partial charge in [0, 0.05) is 38.4 Å². The van der Waals surface area contributed by atoms with E-state index in [1.165, 1.54) is 18.4 Å². The fourth-order valence-electron chi connectivity index (χ4n) is 4.66. The molecule has 1 atom stereocenters. The number of aromatic nitrogens is 1. The number of rotatable bonds is 4. The number of pyridine rings is 1. The van der Waals surface area contributed by atoms with E-state index < -0.39 is 0 Å². The Bertz CT molecular complexity index is 726. The van der Waals surface area contributed by atoms with E-state index in [1.54, 1.807) is 6.20 Å². The summed E-state index contributed by atoms with van der Waals surface area (Å²) in [6.45, 7) is 2.49. The standard InChI is InChI=1S/C23H29N3O/c27-23(26-14-13-25-17-22(26)21-7-4-12-24-16-21)15-18-8-10-20(11-9-18)19-5-2-1-3-6-19/h1-7,12,16,18,20,22,25H,8-11,13-15,17H2. The lowest BCUT2D eigenvalue weighted by Gasteiger charge is -2.38. The predicted octanol–water partition coefficient (Wildman–Crippen LogP) is 3.92. The number of carbonyl (C=O) groups is 1. The Kier molecular flexibility index (Phi) is 5.83. The zero-order valence-corrected chi connectivity index (χ0v) is 15.9. The third-order valence-electron chi connectivity index (χ3n) is 6.21. The summed E-state index contributed by atoms with van der Waals surface area (Å²) in [5.41, 5.74) is 2.59. The maximum atomic E-state index is 13.1. The highest BCUT2D eigenvalue weighted by Gasteiger charge is 2.31. The molecule has 1 unspecified atom stereocenters. The van der Waals surface area contributed by atoms with Gasteiger partial charge in [-0.1, -0.05) is 36.4 Å². The summed E-state index contributed by atoms with van der Waals surface area (Å²) in [4.78, 5) is 19.4. The molecule has 0 radical (unpaired) electrons. The lowest BCUT2D eigenvalue weighted by molar-refractivity contribution is -0.135. The maximum Gasteiger partial charge on any atom is 0.223 e. The molecule has 1 aliphatic carbocycles. The highest BCUT2D eigenvalue weighted by atomic mass is 16.2. The molecule has 1 saturated heterocycles. The van der Waals surface area contributed by atoms with Crippen molar-refractivity contribution in [1.29, 1.82) is 0 Å². The average Bonchev–Trinajstić information content (AvgIpc) is 2.75. The van der Waals surface area contributed by atoms with Gasteiger partial charge in [-0.3, -0.25) is 9.78 Å². The van der Waals surface area contributed by atoms with Gasteiger partial charge in [-0.25, -0.2) is 0 Å². The van der Waals surface area contributed by atoms with Gasteiger partial charge in [-0.15, -0.1) is 0 Å². The van der Waals surface area contributed by atoms with Crippen molar-refractivity contribution < 1.29 is 4.79 Å². The van der Waals surface area contributed by atoms with Crippen molar-refractivity contribution >= 4 is 5.91 Å². The van der Waals surface area contributed by atoms with Crippen LogP contribution >= 0.6 is 0 Å². The molecule has 1 saturated carbocycles. The minimum atomic E-state index is 0.112. The van der Waals surface area contributed by atoms with E-state index in [2.05, 4.69) is 51.6 Å². The van der Waals surface area contributed by atoms with Crippen LogP contribution in [0.1, 0.15) is 55.2 Å². The molecular weight excluding hydrogens is 334 g/mol. The second-order valence-electron chi connectivity index (χ2n) is 7.93. The molecular formula is C23H29N3O. The van der Waals surface area contributed by atoms with Gasteiger partial charge >= 0.3 is 0 Å². The van der Waals surface area contributed by atoms with E-state index in [-0.39, 0.29) is 6.04 Å². The number of nitrogens with one attached hydrogen (secondary N) is 1. The first kappa shape index (κ1) is 18.2. The van der Waals surface area contributed by atoms with Crippen LogP contribution in [-0.4, -0.2) is 35.4 Å². The van der Waals surface area contributed by atoms with Gasteiger partial charge in [0.1, 0.15) is 0 Å². The summed E-state index contributed by atoms with van der Waals surface area (Å²) >= 11 is 0. The molecule has 0 spiro atoms. The van der Waals surface area contributed by atoms with Crippen molar-refractivity contribution in [2.75, 3.05) is 19.6 Å². The summed E-state index contributed by atoms with van der Waals surface area (Å²) in [6.07, 6.45) is 9.10. The molecule has 1 N–H and O–H groups in total. The van der Waals surface area contributed by atoms with Gasteiger partial charge in [-0.05, 0) is 54.7 Å². The number of nitrogens with zero attached hydrogens (tertiary/aromatic N) is 2. The van der Waals surface area contributed by atoms with E-state index in [0.717, 1.165) is 38.0 Å². The topological polar surface area (TPSA) is 45.2 Å². The molecule has 0 bridgehead atoms. The van der Waals surface area contributed by atoms with Gasteiger partial charge in [0.15, 0.2) is 0 Å². The van der Waals surface area contributed by atoms with Crippen molar-refractivity contribution in [3.63, 3.8) is 0 Å². The maximum absolute atomic E-state index is 13.1. The van der Waals surface area contributed by atoms with E-state index in [0.29, 0.717) is 24.2 Å². The normalized spacial score (nSPS) is 25.9. The largest absolute Gasteiger partial charge is 0.333 e. The third kappa shape index (κ3) is 4.38. The summed E-state index contributed by atoms with van der Waals surface area (Å²) in [5.74, 6) is 1.51. The lowest BCUT2D eigenvalue weighted by Crippen LogP contribution is -2.49. The number of amides is 1. The van der Waals surface area contributed by atoms with Gasteiger partial charge in [0.2, 0.25) is 5.91 Å². The number of hydrogen-bond donors (Lipinski definition) is 1. The van der Waals surface area contributed by atoms with Gasteiger partial charge in [-0.2, -0.15) is 0 Å². The fraction of sp³-hybridized carbons (Fsp3) is 0.478. The number of piperazine rings is 1. The lowest BCUT2D eigenvalue weighted by atomic mass is 9.77. The van der Waals surface area contributed by atoms with Crippen LogP contribution in [0.3, 0.4) is 0 Å². The first-order chi connectivity index (χ1) is 13.3. The summed E-state index contributed by atoms with van der Waals surface area (Å²) in [5, 5.41) is 3.42. The van der Waals surface area contributed by atoms with Crippen molar-refractivity contribution in [3.8, 4) is 0 Å². The van der Waals surface area contributed by atoms with Crippen molar-refractivity contribution in [3.05, 3.63) is 66.0 Å². The van der Waals surface area contributed by atoms with Crippen molar-refractivity contribution in [2.45, 2.75) is 44.1 Å². The first-order valence-corrected chi connectivity index (χ1v) is 10.3. The predicted molar refractivity (Wildman–Crippen MR) is 107 cm³/mol. The molecule has 1 aromatic heterocycles. The van der Waals surface area contributed by atoms with Crippen LogP contribution in [0.2, 0.25) is 0 Å². The van der Waals surface area contributed by atoms with Crippen LogP contribution in [0.15, 0.2) is 54.9 Å². The molecule has 1 amide bonds. The molecule has 2 aliphatic rings. The quantitative estimate of drug-likeness (QED) is 0.895. The Hall–Kier alpha value is -2.20. The summed E-state index contributed by atoms with van der Waals surface area (Å²) in [6, 6.07) is 15.0. The fourth-order valence-corrected chi connectivity index (χ4v) is 4.66. The minimum absolute atomic E-state index is 0.112. The van der Waals surface area contributed by atoms with Gasteiger partial charge < -0.3 is 10.2 Å². The molecule has 1 aromatic carbocycles. The molecule has 4 nitrogen and oxygen atoms in total. The highest BCUT2D eigenvalue weighted by molar-refractivity contribution is 5.77. The second-order valence-corrected chi connectivity index (χ2v) is 7.93. The molecule has 4 rings (SSSR count). The van der Waals surface area contributed by atoms with E-state index >= 15 is 0 Å². The van der Waals surface area contributed by atoms with Crippen molar-refractivity contribution in [2.24, 2.45) is 5.92 Å². The van der Waals surface area contributed by atoms with E-state index in [1.807, 2.05) is 12.3 Å². The Labute approximate surface area is 162 Å². The van der Waals surface area contributed by atoms with Crippen LogP contribution in [-0.2, 0) is 4.79 Å². The van der Waals surface area contributed by atoms with E-state index in [4.69, 9.17) is 0 Å². The molecule has 142 valence electrons. The molecule has 2 fully saturated rings. The van der Waals surface area contributed by atoms with Crippen LogP contribution in [0, 0.1) is 5.92 Å². The van der Waals surface area contributed by atoms with Gasteiger partial charge in [0.25, 0.3) is 0 Å². The van der Waals surface area contributed by atoms with Crippen LogP contribution in [0.5, 0.6) is 0 Å². The van der Waals surface area contributed by atoms with Crippen LogP contribution < -0.4 is 5.32 Å². The van der Waals surface area contributed by atoms with Crippen LogP contribution in [0.4, 0.5) is 0 Å². The smallest absolute Gasteiger partial charge is 0.223 e. The molecule has 27 heavy (non-hydrogen) atoms. The van der Waals surface area contributed by atoms with Crippen molar-refractivity contribution in [1.82, 2.24) is 15.2 Å². The highest BCUT2D eigenvalue weighted by Crippen LogP contribution is 2.37. The Morgan fingerprint density at radius 2 is 1.81 bits per heavy atom. The number of carbonyl (C=O) groups excluding carboxylic acids is 1. The van der Waals surface area contributed by atoms with Gasteiger partial charge in [0.05, 0.1) is 6.04 Å². The molecule has 2 heterocycles. The first-order valence-electron chi connectivity index (χ1n) is 10.3. The molecule has 1 aliphatic heterocycles. The average molecular weight is 364 g/mol. The van der Waals surface area contributed by atoms with Crippen LogP contribution in [0.25, 0.3) is 0 Å². The molecule has 2 aromatic rings. The Balaban J connectivity index is 1.34. The van der Waals surface area contributed by atoms with E-state index in [9.17, 15) is 4.79 Å². The Morgan fingerprint density at radius 1 is 1.04 bits per heavy atom. The summed E-state index contributed by atoms with van der Waals surface area (Å²) < 4.78 is 0. The minimum Gasteiger partial charge on any atom is -0.333 e. The molecule has 4 heteroatoms. The number of benzene rings is 1. The zero-order chi connectivity index (χ0) is 18.5. The summed E-state index contributed by atoms with van der Waals surface area (Å²) in [7, 11) is 0. The Morgan fingerprint density at radius 3 is 2.56 bits per heavy atom. The third-order valence-corrected chi connectivity index (χ3v) is 6.21. The monoisotopic (exact) mass is 363 g/mol. The second kappa shape index (κ2) is 8.66.